The predicted molar refractivity (Wildman–Crippen MR) is 105 cm³/mol. The quantitative estimate of drug-likeness (QED) is 0.521. The summed E-state index contributed by atoms with van der Waals surface area (Å²) < 4.78 is 10.9. The molecule has 4 rings (SSSR count). The van der Waals surface area contributed by atoms with Crippen LogP contribution in [0.4, 0.5) is 5.69 Å². The smallest absolute Gasteiger partial charge is 0.147 e. The lowest BCUT2D eigenvalue weighted by atomic mass is 10.00. The number of aryl methyl sites for hydroxylation is 1. The zero-order chi connectivity index (χ0) is 18.8. The van der Waals surface area contributed by atoms with Crippen molar-refractivity contribution >= 4 is 16.6 Å². The molecular weight excluding hydrogens is 340 g/mol. The van der Waals surface area contributed by atoms with Crippen LogP contribution in [-0.2, 0) is 0 Å². The number of hydrogen-bond donors (Lipinski definition) is 2. The molecule has 0 spiro atoms. The maximum Gasteiger partial charge on any atom is 0.147 e. The van der Waals surface area contributed by atoms with Gasteiger partial charge in [-0.25, -0.2) is 4.98 Å². The van der Waals surface area contributed by atoms with Gasteiger partial charge in [0.1, 0.15) is 28.8 Å². The minimum Gasteiger partial charge on any atom is -0.505 e. The molecule has 0 aliphatic heterocycles. The molecule has 0 bridgehead atoms. The van der Waals surface area contributed by atoms with Crippen molar-refractivity contribution in [2.75, 3.05) is 12.4 Å². The number of pyridine rings is 1. The molecule has 0 saturated carbocycles. The maximum atomic E-state index is 11.0. The molecule has 0 aliphatic carbocycles. The number of rotatable bonds is 5. The van der Waals surface area contributed by atoms with Crippen molar-refractivity contribution in [3.05, 3.63) is 83.9 Å². The Morgan fingerprint density at radius 1 is 1.07 bits per heavy atom. The standard InChI is InChI=1S/C22H20N2O3/c1-14-8-9-15-10-11-18(22(25)20(15)23-14)21(19-7-4-12-27-19)24-16-5-3-6-17(13-16)26-2/h3-13,21,24-25H,1-2H3. The van der Waals surface area contributed by atoms with E-state index in [9.17, 15) is 5.11 Å². The second-order valence-electron chi connectivity index (χ2n) is 6.35. The zero-order valence-corrected chi connectivity index (χ0v) is 15.1. The number of benzene rings is 2. The van der Waals surface area contributed by atoms with E-state index in [4.69, 9.17) is 9.15 Å². The summed E-state index contributed by atoms with van der Waals surface area (Å²) >= 11 is 0. The fraction of sp³-hybridized carbons (Fsp3) is 0.136. The Bertz CT molecular complexity index is 1070. The van der Waals surface area contributed by atoms with E-state index in [1.165, 1.54) is 0 Å². The fourth-order valence-electron chi connectivity index (χ4n) is 3.16. The first-order valence-electron chi connectivity index (χ1n) is 8.69. The number of nitrogens with one attached hydrogen (secondary N) is 1. The lowest BCUT2D eigenvalue weighted by Crippen LogP contribution is -2.12. The highest BCUT2D eigenvalue weighted by Crippen LogP contribution is 2.37. The van der Waals surface area contributed by atoms with Gasteiger partial charge in [0, 0.05) is 28.4 Å². The molecule has 2 heterocycles. The van der Waals surface area contributed by atoms with Gasteiger partial charge in [-0.2, -0.15) is 0 Å². The molecule has 5 heteroatoms. The molecule has 2 N–H and O–H groups in total. The van der Waals surface area contributed by atoms with Crippen molar-refractivity contribution in [2.45, 2.75) is 13.0 Å². The number of phenols is 1. The third kappa shape index (κ3) is 3.31. The molecule has 1 unspecified atom stereocenters. The van der Waals surface area contributed by atoms with Crippen LogP contribution in [0.2, 0.25) is 0 Å². The molecule has 5 nitrogen and oxygen atoms in total. The summed E-state index contributed by atoms with van der Waals surface area (Å²) in [6, 6.07) is 18.7. The van der Waals surface area contributed by atoms with Gasteiger partial charge in [-0.3, -0.25) is 0 Å². The molecule has 1 atom stereocenters. The number of phenolic OH excluding ortho intramolecular Hbond substituents is 1. The van der Waals surface area contributed by atoms with Crippen LogP contribution in [0.15, 0.2) is 71.3 Å². The second-order valence-corrected chi connectivity index (χ2v) is 6.35. The van der Waals surface area contributed by atoms with Crippen LogP contribution < -0.4 is 10.1 Å². The van der Waals surface area contributed by atoms with E-state index in [0.29, 0.717) is 16.8 Å². The van der Waals surface area contributed by atoms with E-state index in [-0.39, 0.29) is 11.8 Å². The lowest BCUT2D eigenvalue weighted by Gasteiger charge is -2.20. The zero-order valence-electron chi connectivity index (χ0n) is 15.1. The Kier molecular flexibility index (Phi) is 4.42. The van der Waals surface area contributed by atoms with Gasteiger partial charge in [0.25, 0.3) is 0 Å². The number of fused-ring (bicyclic) bond motifs is 1. The van der Waals surface area contributed by atoms with Crippen molar-refractivity contribution in [1.29, 1.82) is 0 Å². The Morgan fingerprint density at radius 2 is 1.93 bits per heavy atom. The van der Waals surface area contributed by atoms with Crippen LogP contribution in [0, 0.1) is 6.92 Å². The topological polar surface area (TPSA) is 67.5 Å². The predicted octanol–water partition coefficient (Wildman–Crippen LogP) is 5.05. The van der Waals surface area contributed by atoms with Crippen LogP contribution >= 0.6 is 0 Å². The van der Waals surface area contributed by atoms with Crippen molar-refractivity contribution in [1.82, 2.24) is 4.98 Å². The summed E-state index contributed by atoms with van der Waals surface area (Å²) in [4.78, 5) is 4.51. The van der Waals surface area contributed by atoms with Crippen molar-refractivity contribution < 1.29 is 14.3 Å². The number of methoxy groups -OCH3 is 1. The average molecular weight is 360 g/mol. The molecule has 136 valence electrons. The second kappa shape index (κ2) is 7.03. The molecule has 4 aromatic rings. The number of furan rings is 1. The molecule has 0 amide bonds. The Balaban J connectivity index is 1.82. The SMILES string of the molecule is COc1cccc(NC(c2ccco2)c2ccc3ccc(C)nc3c2O)c1. The van der Waals surface area contributed by atoms with Gasteiger partial charge in [-0.05, 0) is 37.3 Å². The monoisotopic (exact) mass is 360 g/mol. The number of ether oxygens (including phenoxy) is 1. The highest BCUT2D eigenvalue weighted by atomic mass is 16.5. The summed E-state index contributed by atoms with van der Waals surface area (Å²) in [5.74, 6) is 1.59. The Hall–Kier alpha value is -3.47. The first kappa shape index (κ1) is 17.0. The molecule has 0 radical (unpaired) electrons. The lowest BCUT2D eigenvalue weighted by molar-refractivity contribution is 0.415. The van der Waals surface area contributed by atoms with Gasteiger partial charge >= 0.3 is 0 Å². The summed E-state index contributed by atoms with van der Waals surface area (Å²) in [7, 11) is 1.63. The third-order valence-corrected chi connectivity index (χ3v) is 4.53. The number of hydrogen-bond acceptors (Lipinski definition) is 5. The average Bonchev–Trinajstić information content (AvgIpc) is 3.22. The molecule has 2 aromatic carbocycles. The molecule has 27 heavy (non-hydrogen) atoms. The first-order chi connectivity index (χ1) is 13.2. The number of nitrogens with zero attached hydrogens (tertiary/aromatic N) is 1. The number of anilines is 1. The van der Waals surface area contributed by atoms with Crippen molar-refractivity contribution in [2.24, 2.45) is 0 Å². The summed E-state index contributed by atoms with van der Waals surface area (Å²) in [6.07, 6.45) is 1.62. The highest BCUT2D eigenvalue weighted by Gasteiger charge is 2.22. The molecule has 0 fully saturated rings. The van der Waals surface area contributed by atoms with Crippen molar-refractivity contribution in [3.63, 3.8) is 0 Å². The van der Waals surface area contributed by atoms with Gasteiger partial charge in [0.05, 0.1) is 13.4 Å². The van der Waals surface area contributed by atoms with Crippen LogP contribution in [0.3, 0.4) is 0 Å². The molecule has 0 aliphatic rings. The van der Waals surface area contributed by atoms with E-state index in [2.05, 4.69) is 10.3 Å². The number of aromatic hydroxyl groups is 1. The van der Waals surface area contributed by atoms with Crippen LogP contribution in [-0.4, -0.2) is 17.2 Å². The largest absolute Gasteiger partial charge is 0.505 e. The summed E-state index contributed by atoms with van der Waals surface area (Å²) in [6.45, 7) is 1.91. The van der Waals surface area contributed by atoms with E-state index < -0.39 is 0 Å². The van der Waals surface area contributed by atoms with E-state index in [0.717, 1.165) is 22.5 Å². The highest BCUT2D eigenvalue weighted by molar-refractivity contribution is 5.86. The maximum absolute atomic E-state index is 11.0. The van der Waals surface area contributed by atoms with Crippen molar-refractivity contribution in [3.8, 4) is 11.5 Å². The van der Waals surface area contributed by atoms with Gasteiger partial charge in [-0.15, -0.1) is 0 Å². The summed E-state index contributed by atoms with van der Waals surface area (Å²) in [5.41, 5.74) is 2.98. The van der Waals surface area contributed by atoms with E-state index in [1.54, 1.807) is 13.4 Å². The van der Waals surface area contributed by atoms with Gasteiger partial charge in [0.2, 0.25) is 0 Å². The summed E-state index contributed by atoms with van der Waals surface area (Å²) in [5, 5.41) is 15.3. The Labute approximate surface area is 157 Å². The van der Waals surface area contributed by atoms with E-state index >= 15 is 0 Å². The molecule has 2 aromatic heterocycles. The van der Waals surface area contributed by atoms with Gasteiger partial charge < -0.3 is 19.6 Å². The van der Waals surface area contributed by atoms with Crippen LogP contribution in [0.1, 0.15) is 23.1 Å². The van der Waals surface area contributed by atoms with Gasteiger partial charge in [-0.1, -0.05) is 24.3 Å². The minimum absolute atomic E-state index is 0.146. The number of aromatic nitrogens is 1. The van der Waals surface area contributed by atoms with Crippen LogP contribution in [0.25, 0.3) is 10.9 Å². The first-order valence-corrected chi connectivity index (χ1v) is 8.69. The van der Waals surface area contributed by atoms with Gasteiger partial charge in [0.15, 0.2) is 0 Å². The normalized spacial score (nSPS) is 12.1. The minimum atomic E-state index is -0.376. The third-order valence-electron chi connectivity index (χ3n) is 4.53. The fourth-order valence-corrected chi connectivity index (χ4v) is 3.16. The molecular formula is C22H20N2O3. The van der Waals surface area contributed by atoms with Crippen LogP contribution in [0.5, 0.6) is 11.5 Å². The molecule has 0 saturated heterocycles. The van der Waals surface area contributed by atoms with E-state index in [1.807, 2.05) is 67.6 Å². The Morgan fingerprint density at radius 3 is 2.70 bits per heavy atom.